The largest absolute Gasteiger partial charge is 0.368 e. The summed E-state index contributed by atoms with van der Waals surface area (Å²) in [6.45, 7) is 3.94. The Morgan fingerprint density at radius 3 is 2.18 bits per heavy atom. The number of alkyl halides is 2. The fraction of sp³-hybridized carbons (Fsp3) is 0.750. The number of rotatable bonds is 3. The van der Waals surface area contributed by atoms with Gasteiger partial charge in [-0.3, -0.25) is 4.57 Å². The van der Waals surface area contributed by atoms with Crippen LogP contribution in [0.1, 0.15) is 26.6 Å². The first-order valence-electron chi connectivity index (χ1n) is 4.70. The van der Waals surface area contributed by atoms with Gasteiger partial charge < -0.3 is 0 Å². The van der Waals surface area contributed by atoms with Crippen LogP contribution in [0.25, 0.3) is 0 Å². The molecule has 5 nitrogen and oxygen atoms in total. The maximum atomic E-state index is 12.8. The molecule has 0 amide bonds. The number of hydrogen-bond donors (Lipinski definition) is 0. The first-order valence-corrected chi connectivity index (χ1v) is 6.08. The van der Waals surface area contributed by atoms with E-state index in [1.807, 2.05) is 0 Å². The predicted molar refractivity (Wildman–Crippen MR) is 53.0 cm³/mol. The van der Waals surface area contributed by atoms with E-state index in [1.54, 1.807) is 20.8 Å². The number of hydrogen-bond acceptors (Lipinski definition) is 4. The van der Waals surface area contributed by atoms with Gasteiger partial charge in [0.1, 0.15) is 5.82 Å². The highest BCUT2D eigenvalue weighted by Gasteiger charge is 2.30. The van der Waals surface area contributed by atoms with Crippen LogP contribution in [0.15, 0.2) is 5.16 Å². The highest BCUT2D eigenvalue weighted by molar-refractivity contribution is 7.86. The van der Waals surface area contributed by atoms with Crippen LogP contribution in [0.2, 0.25) is 0 Å². The molecule has 9 heteroatoms. The van der Waals surface area contributed by atoms with Crippen molar-refractivity contribution in [3.05, 3.63) is 5.82 Å². The molecule has 0 spiro atoms. The van der Waals surface area contributed by atoms with Crippen LogP contribution < -0.4 is 0 Å². The second kappa shape index (κ2) is 4.28. The summed E-state index contributed by atoms with van der Waals surface area (Å²) in [4.78, 5) is 0. The Kier molecular flexibility index (Phi) is 3.51. The van der Waals surface area contributed by atoms with Crippen molar-refractivity contribution in [2.24, 2.45) is 0 Å². The Morgan fingerprint density at radius 2 is 1.82 bits per heavy atom. The summed E-state index contributed by atoms with van der Waals surface area (Å²) in [6, 6.07) is 0. The van der Waals surface area contributed by atoms with E-state index in [2.05, 4.69) is 10.2 Å². The highest BCUT2D eigenvalue weighted by atomic mass is 32.3. The molecule has 1 rings (SSSR count). The number of halogens is 3. The zero-order valence-corrected chi connectivity index (χ0v) is 10.3. The molecule has 98 valence electrons. The standard InChI is InChI=1S/C8H12F3N3O2S/c1-8(2,3)6-12-13-7(17(11,15)16)14(6)4-5(9)10/h5H,4H2,1-3H3. The first kappa shape index (κ1) is 13.9. The lowest BCUT2D eigenvalue weighted by molar-refractivity contribution is 0.120. The van der Waals surface area contributed by atoms with Gasteiger partial charge in [-0.2, -0.15) is 8.42 Å². The SMILES string of the molecule is CC(C)(C)c1nnc(S(=O)(=O)F)n1CC(F)F. The van der Waals surface area contributed by atoms with Crippen LogP contribution in [-0.2, 0) is 22.2 Å². The normalized spacial score (nSPS) is 13.4. The van der Waals surface area contributed by atoms with Gasteiger partial charge in [-0.25, -0.2) is 8.78 Å². The molecule has 17 heavy (non-hydrogen) atoms. The van der Waals surface area contributed by atoms with E-state index >= 15 is 0 Å². The van der Waals surface area contributed by atoms with Crippen LogP contribution in [0, 0.1) is 0 Å². The van der Waals surface area contributed by atoms with E-state index < -0.39 is 33.8 Å². The van der Waals surface area contributed by atoms with Gasteiger partial charge in [0.2, 0.25) is 0 Å². The van der Waals surface area contributed by atoms with Crippen molar-refractivity contribution >= 4 is 10.2 Å². The molecule has 0 fully saturated rings. The third-order valence-corrected chi connectivity index (χ3v) is 2.66. The summed E-state index contributed by atoms with van der Waals surface area (Å²) in [7, 11) is -5.16. The quantitative estimate of drug-likeness (QED) is 0.781. The predicted octanol–water partition coefficient (Wildman–Crippen LogP) is 1.50. The molecule has 0 saturated carbocycles. The van der Waals surface area contributed by atoms with Crippen molar-refractivity contribution in [1.82, 2.24) is 14.8 Å². The van der Waals surface area contributed by atoms with Gasteiger partial charge in [0.25, 0.3) is 11.6 Å². The molecule has 0 aromatic carbocycles. The Bertz CT molecular complexity index is 505. The average molecular weight is 271 g/mol. The Morgan fingerprint density at radius 1 is 1.29 bits per heavy atom. The molecular weight excluding hydrogens is 259 g/mol. The molecule has 1 aromatic rings. The van der Waals surface area contributed by atoms with E-state index in [0.29, 0.717) is 4.57 Å². The summed E-state index contributed by atoms with van der Waals surface area (Å²) < 4.78 is 59.6. The summed E-state index contributed by atoms with van der Waals surface area (Å²) in [5.41, 5.74) is -0.717. The zero-order chi connectivity index (χ0) is 13.4. The van der Waals surface area contributed by atoms with Crippen molar-refractivity contribution < 1.29 is 21.1 Å². The van der Waals surface area contributed by atoms with Gasteiger partial charge in [-0.1, -0.05) is 24.7 Å². The lowest BCUT2D eigenvalue weighted by Crippen LogP contribution is -2.23. The second-order valence-corrected chi connectivity index (χ2v) is 5.74. The van der Waals surface area contributed by atoms with Crippen LogP contribution in [0.5, 0.6) is 0 Å². The van der Waals surface area contributed by atoms with E-state index in [9.17, 15) is 21.1 Å². The fourth-order valence-electron chi connectivity index (χ4n) is 1.33. The number of aromatic nitrogens is 3. The van der Waals surface area contributed by atoms with Crippen LogP contribution in [-0.4, -0.2) is 29.6 Å². The van der Waals surface area contributed by atoms with Gasteiger partial charge in [0.15, 0.2) is 0 Å². The van der Waals surface area contributed by atoms with E-state index in [-0.39, 0.29) is 5.82 Å². The van der Waals surface area contributed by atoms with E-state index in [0.717, 1.165) is 0 Å². The van der Waals surface area contributed by atoms with Gasteiger partial charge in [0.05, 0.1) is 6.54 Å². The Balaban J connectivity index is 3.41. The van der Waals surface area contributed by atoms with Crippen molar-refractivity contribution in [2.45, 2.75) is 44.3 Å². The molecule has 0 bridgehead atoms. The summed E-state index contributed by atoms with van der Waals surface area (Å²) in [5.74, 6) is -0.00553. The fourth-order valence-corrected chi connectivity index (χ4v) is 1.89. The van der Waals surface area contributed by atoms with Gasteiger partial charge >= 0.3 is 10.2 Å². The highest BCUT2D eigenvalue weighted by Crippen LogP contribution is 2.24. The van der Waals surface area contributed by atoms with Crippen molar-refractivity contribution in [2.75, 3.05) is 0 Å². The average Bonchev–Trinajstić information content (AvgIpc) is 2.43. The lowest BCUT2D eigenvalue weighted by Gasteiger charge is -2.18. The minimum atomic E-state index is -5.16. The second-order valence-electron chi connectivity index (χ2n) is 4.50. The smallest absolute Gasteiger partial charge is 0.293 e. The molecule has 0 aliphatic carbocycles. The summed E-state index contributed by atoms with van der Waals surface area (Å²) in [6.07, 6.45) is -2.83. The van der Waals surface area contributed by atoms with Gasteiger partial charge in [0, 0.05) is 5.41 Å². The first-order chi connectivity index (χ1) is 7.53. The molecule has 0 radical (unpaired) electrons. The molecule has 0 aliphatic rings. The molecule has 0 saturated heterocycles. The van der Waals surface area contributed by atoms with E-state index in [4.69, 9.17) is 0 Å². The zero-order valence-electron chi connectivity index (χ0n) is 9.48. The van der Waals surface area contributed by atoms with E-state index in [1.165, 1.54) is 0 Å². The maximum absolute atomic E-state index is 12.8. The molecule has 0 unspecified atom stereocenters. The Hall–Kier alpha value is -1.12. The van der Waals surface area contributed by atoms with Crippen LogP contribution >= 0.6 is 0 Å². The lowest BCUT2D eigenvalue weighted by atomic mass is 9.96. The van der Waals surface area contributed by atoms with Crippen molar-refractivity contribution in [3.8, 4) is 0 Å². The van der Waals surface area contributed by atoms with Crippen molar-refractivity contribution in [3.63, 3.8) is 0 Å². The molecule has 1 heterocycles. The summed E-state index contributed by atoms with van der Waals surface area (Å²) in [5, 5.41) is 5.51. The molecule has 0 aliphatic heterocycles. The topological polar surface area (TPSA) is 64.8 Å². The number of nitrogens with zero attached hydrogens (tertiary/aromatic N) is 3. The molecule has 0 atom stereocenters. The molecular formula is C8H12F3N3O2S. The van der Waals surface area contributed by atoms with Gasteiger partial charge in [-0.05, 0) is 0 Å². The minimum Gasteiger partial charge on any atom is -0.293 e. The minimum absolute atomic E-state index is 0.00553. The van der Waals surface area contributed by atoms with Crippen molar-refractivity contribution in [1.29, 1.82) is 0 Å². The summed E-state index contributed by atoms with van der Waals surface area (Å²) >= 11 is 0. The molecule has 1 aromatic heterocycles. The molecule has 0 N–H and O–H groups in total. The third-order valence-electron chi connectivity index (χ3n) is 1.93. The van der Waals surface area contributed by atoms with Crippen LogP contribution in [0.4, 0.5) is 12.7 Å². The van der Waals surface area contributed by atoms with Crippen LogP contribution in [0.3, 0.4) is 0 Å². The Labute approximate surface area is 96.9 Å². The monoisotopic (exact) mass is 271 g/mol. The van der Waals surface area contributed by atoms with Gasteiger partial charge in [-0.15, -0.1) is 10.2 Å². The maximum Gasteiger partial charge on any atom is 0.368 e. The third kappa shape index (κ3) is 3.18.